The van der Waals surface area contributed by atoms with Crippen LogP contribution in [0.25, 0.3) is 0 Å². The van der Waals surface area contributed by atoms with Crippen molar-refractivity contribution in [2.24, 2.45) is 5.92 Å². The average molecular weight is 300 g/mol. The van der Waals surface area contributed by atoms with Crippen molar-refractivity contribution >= 4 is 15.8 Å². The number of sulfonamides is 1. The maximum Gasteiger partial charge on any atom is 0.363 e. The first-order valence-electron chi connectivity index (χ1n) is 6.30. The van der Waals surface area contributed by atoms with Crippen LogP contribution in [0, 0.1) is 16.0 Å². The zero-order chi connectivity index (χ0) is 14.6. The molecular formula is C11H16N4O4S. The molecular weight excluding hydrogens is 284 g/mol. The van der Waals surface area contributed by atoms with Crippen molar-refractivity contribution in [1.82, 2.24) is 15.0 Å². The van der Waals surface area contributed by atoms with E-state index in [0.29, 0.717) is 6.54 Å². The van der Waals surface area contributed by atoms with E-state index in [9.17, 15) is 18.5 Å². The summed E-state index contributed by atoms with van der Waals surface area (Å²) in [6.45, 7) is 2.11. The van der Waals surface area contributed by atoms with Gasteiger partial charge in [-0.3, -0.25) is 0 Å². The maximum atomic E-state index is 12.0. The molecule has 0 aliphatic carbocycles. The molecule has 2 rings (SSSR count). The molecule has 0 amide bonds. The molecule has 20 heavy (non-hydrogen) atoms. The number of nitrogens with zero attached hydrogens (tertiary/aromatic N) is 2. The first-order valence-corrected chi connectivity index (χ1v) is 7.78. The monoisotopic (exact) mass is 300 g/mol. The molecule has 0 bridgehead atoms. The molecule has 1 saturated heterocycles. The normalized spacial score (nSPS) is 19.7. The van der Waals surface area contributed by atoms with Gasteiger partial charge in [-0.25, -0.2) is 13.1 Å². The summed E-state index contributed by atoms with van der Waals surface area (Å²) in [5.41, 5.74) is 0. The van der Waals surface area contributed by atoms with Crippen LogP contribution in [0.3, 0.4) is 0 Å². The molecule has 9 heteroatoms. The van der Waals surface area contributed by atoms with Crippen LogP contribution in [0.15, 0.2) is 23.2 Å². The molecule has 1 atom stereocenters. The summed E-state index contributed by atoms with van der Waals surface area (Å²) in [5.74, 6) is -0.107. The number of hydrogen-bond donors (Lipinski definition) is 2. The van der Waals surface area contributed by atoms with Gasteiger partial charge in [-0.15, -0.1) is 0 Å². The third-order valence-electron chi connectivity index (χ3n) is 3.18. The van der Waals surface area contributed by atoms with Crippen LogP contribution >= 0.6 is 0 Å². The van der Waals surface area contributed by atoms with Gasteiger partial charge in [0.25, 0.3) is 0 Å². The molecule has 0 spiro atoms. The van der Waals surface area contributed by atoms with E-state index in [0.717, 1.165) is 38.2 Å². The van der Waals surface area contributed by atoms with Gasteiger partial charge >= 0.3 is 5.82 Å². The number of hydrogen-bond acceptors (Lipinski definition) is 6. The van der Waals surface area contributed by atoms with Gasteiger partial charge in [0.2, 0.25) is 10.0 Å². The highest BCUT2D eigenvalue weighted by molar-refractivity contribution is 7.89. The number of nitrogens with one attached hydrogen (secondary N) is 2. The number of pyridine rings is 1. The van der Waals surface area contributed by atoms with Gasteiger partial charge < -0.3 is 15.4 Å². The van der Waals surface area contributed by atoms with E-state index in [1.54, 1.807) is 0 Å². The molecule has 1 aromatic heterocycles. The number of nitro groups is 1. The van der Waals surface area contributed by atoms with E-state index in [1.807, 2.05) is 0 Å². The Hall–Kier alpha value is -1.58. The lowest BCUT2D eigenvalue weighted by atomic mass is 10.0. The molecule has 0 saturated carbocycles. The highest BCUT2D eigenvalue weighted by Crippen LogP contribution is 2.14. The molecule has 1 fully saturated rings. The Labute approximate surface area is 116 Å². The predicted molar refractivity (Wildman–Crippen MR) is 71.7 cm³/mol. The van der Waals surface area contributed by atoms with Gasteiger partial charge in [-0.05, 0) is 47.8 Å². The molecule has 0 radical (unpaired) electrons. The number of piperidine rings is 1. The lowest BCUT2D eigenvalue weighted by Gasteiger charge is -2.22. The Morgan fingerprint density at radius 2 is 2.30 bits per heavy atom. The Kier molecular flexibility index (Phi) is 4.63. The topological polar surface area (TPSA) is 114 Å². The zero-order valence-electron chi connectivity index (χ0n) is 10.8. The summed E-state index contributed by atoms with van der Waals surface area (Å²) in [6.07, 6.45) is 3.01. The second-order valence-electron chi connectivity index (χ2n) is 4.67. The van der Waals surface area contributed by atoms with Crippen molar-refractivity contribution in [2.75, 3.05) is 19.6 Å². The average Bonchev–Trinajstić information content (AvgIpc) is 2.46. The number of rotatable bonds is 5. The second kappa shape index (κ2) is 6.25. The Morgan fingerprint density at radius 1 is 1.50 bits per heavy atom. The predicted octanol–water partition coefficient (Wildman–Crippen LogP) is 0.268. The van der Waals surface area contributed by atoms with Crippen LogP contribution in [-0.2, 0) is 10.0 Å². The lowest BCUT2D eigenvalue weighted by Crippen LogP contribution is -2.38. The molecule has 0 aromatic carbocycles. The standard InChI is InChI=1S/C11H16N4O4S/c16-15(17)11-4-3-10(8-13-11)20(18,19)14-7-9-2-1-5-12-6-9/h3-4,8-9,12,14H,1-2,5-7H2. The summed E-state index contributed by atoms with van der Waals surface area (Å²) in [7, 11) is -3.66. The molecule has 1 aromatic rings. The van der Waals surface area contributed by atoms with E-state index in [-0.39, 0.29) is 16.6 Å². The quantitative estimate of drug-likeness (QED) is 0.596. The molecule has 110 valence electrons. The molecule has 2 heterocycles. The summed E-state index contributed by atoms with van der Waals surface area (Å²) < 4.78 is 26.5. The van der Waals surface area contributed by atoms with Gasteiger partial charge in [0.05, 0.1) is 0 Å². The lowest BCUT2D eigenvalue weighted by molar-refractivity contribution is -0.389. The van der Waals surface area contributed by atoms with Crippen LogP contribution in [-0.4, -0.2) is 38.0 Å². The first kappa shape index (κ1) is 14.8. The minimum absolute atomic E-state index is 0.0631. The highest BCUT2D eigenvalue weighted by Gasteiger charge is 2.20. The van der Waals surface area contributed by atoms with E-state index in [1.165, 1.54) is 6.07 Å². The van der Waals surface area contributed by atoms with Crippen molar-refractivity contribution in [3.63, 3.8) is 0 Å². The summed E-state index contributed by atoms with van der Waals surface area (Å²) in [5, 5.41) is 13.7. The minimum atomic E-state index is -3.66. The van der Waals surface area contributed by atoms with E-state index >= 15 is 0 Å². The molecule has 2 N–H and O–H groups in total. The fourth-order valence-electron chi connectivity index (χ4n) is 2.05. The SMILES string of the molecule is O=[N+]([O-])c1ccc(S(=O)(=O)NCC2CCCNC2)cn1. The maximum absolute atomic E-state index is 12.0. The molecule has 1 aliphatic heterocycles. The molecule has 8 nitrogen and oxygen atoms in total. The second-order valence-corrected chi connectivity index (χ2v) is 6.44. The Bertz CT molecular complexity index is 567. The van der Waals surface area contributed by atoms with Gasteiger partial charge in [0.15, 0.2) is 6.20 Å². The van der Waals surface area contributed by atoms with Crippen molar-refractivity contribution < 1.29 is 13.3 Å². The zero-order valence-corrected chi connectivity index (χ0v) is 11.6. The minimum Gasteiger partial charge on any atom is -0.358 e. The van der Waals surface area contributed by atoms with Crippen molar-refractivity contribution in [3.05, 3.63) is 28.4 Å². The van der Waals surface area contributed by atoms with Crippen LogP contribution in [0.4, 0.5) is 5.82 Å². The molecule has 1 aliphatic rings. The summed E-state index contributed by atoms with van der Waals surface area (Å²) in [6, 6.07) is 2.27. The smallest absolute Gasteiger partial charge is 0.358 e. The van der Waals surface area contributed by atoms with Gasteiger partial charge in [0, 0.05) is 12.6 Å². The van der Waals surface area contributed by atoms with Crippen LogP contribution < -0.4 is 10.0 Å². The Balaban J connectivity index is 2.00. The third kappa shape index (κ3) is 3.71. The third-order valence-corrected chi connectivity index (χ3v) is 4.59. The van der Waals surface area contributed by atoms with Crippen LogP contribution in [0.1, 0.15) is 12.8 Å². The van der Waals surface area contributed by atoms with Crippen molar-refractivity contribution in [2.45, 2.75) is 17.7 Å². The first-order chi connectivity index (χ1) is 9.49. The van der Waals surface area contributed by atoms with Crippen LogP contribution in [0.2, 0.25) is 0 Å². The largest absolute Gasteiger partial charge is 0.363 e. The highest BCUT2D eigenvalue weighted by atomic mass is 32.2. The van der Waals surface area contributed by atoms with Crippen molar-refractivity contribution in [1.29, 1.82) is 0 Å². The fourth-order valence-corrected chi connectivity index (χ4v) is 3.11. The molecule has 1 unspecified atom stereocenters. The van der Waals surface area contributed by atoms with Gasteiger partial charge in [0.1, 0.15) is 4.90 Å². The van der Waals surface area contributed by atoms with Gasteiger partial charge in [-0.2, -0.15) is 0 Å². The van der Waals surface area contributed by atoms with E-state index < -0.39 is 14.9 Å². The summed E-state index contributed by atoms with van der Waals surface area (Å²) in [4.78, 5) is 13.2. The van der Waals surface area contributed by atoms with E-state index in [2.05, 4.69) is 15.0 Å². The van der Waals surface area contributed by atoms with E-state index in [4.69, 9.17) is 0 Å². The fraction of sp³-hybridized carbons (Fsp3) is 0.545. The van der Waals surface area contributed by atoms with Crippen molar-refractivity contribution in [3.8, 4) is 0 Å². The van der Waals surface area contributed by atoms with Gasteiger partial charge in [-0.1, -0.05) is 0 Å². The Morgan fingerprint density at radius 3 is 2.85 bits per heavy atom. The van der Waals surface area contributed by atoms with Crippen LogP contribution in [0.5, 0.6) is 0 Å². The summed E-state index contributed by atoms with van der Waals surface area (Å²) >= 11 is 0. The number of aromatic nitrogens is 1.